The summed E-state index contributed by atoms with van der Waals surface area (Å²) < 4.78 is 11.1. The highest BCUT2D eigenvalue weighted by Crippen LogP contribution is 2.21. The fraction of sp³-hybridized carbons (Fsp3) is 0.316. The first-order valence-corrected chi connectivity index (χ1v) is 7.87. The number of nitrogens with one attached hydrogen (secondary N) is 1. The van der Waals surface area contributed by atoms with Gasteiger partial charge < -0.3 is 14.8 Å². The third-order valence-corrected chi connectivity index (χ3v) is 4.07. The summed E-state index contributed by atoms with van der Waals surface area (Å²) in [6.07, 6.45) is 2.23. The Hall–Kier alpha value is -2.17. The normalized spacial score (nSPS) is 20.5. The van der Waals surface area contributed by atoms with Crippen molar-refractivity contribution in [3.05, 3.63) is 60.7 Å². The zero-order chi connectivity index (χ0) is 16.1. The van der Waals surface area contributed by atoms with Gasteiger partial charge in [-0.25, -0.2) is 0 Å². The Morgan fingerprint density at radius 2 is 2.09 bits per heavy atom. The zero-order valence-electron chi connectivity index (χ0n) is 13.0. The van der Waals surface area contributed by atoms with Crippen LogP contribution in [0.15, 0.2) is 55.1 Å². The molecule has 23 heavy (non-hydrogen) atoms. The Balaban J connectivity index is 1.57. The topological polar surface area (TPSA) is 47.6 Å². The number of benzene rings is 2. The molecule has 1 unspecified atom stereocenters. The molecule has 0 spiro atoms. The molecule has 0 aromatic heterocycles. The lowest BCUT2D eigenvalue weighted by Crippen LogP contribution is -2.32. The van der Waals surface area contributed by atoms with Crippen LogP contribution in [-0.2, 0) is 20.9 Å². The van der Waals surface area contributed by atoms with Gasteiger partial charge in [0.25, 0.3) is 0 Å². The Morgan fingerprint density at radius 3 is 2.96 bits per heavy atom. The van der Waals surface area contributed by atoms with Crippen molar-refractivity contribution in [3.8, 4) is 0 Å². The summed E-state index contributed by atoms with van der Waals surface area (Å²) in [7, 11) is 0. The minimum Gasteiger partial charge on any atom is -0.460 e. The second-order valence-electron chi connectivity index (χ2n) is 5.69. The largest absolute Gasteiger partial charge is 0.460 e. The number of esters is 1. The zero-order valence-corrected chi connectivity index (χ0v) is 13.0. The van der Waals surface area contributed by atoms with Crippen molar-refractivity contribution in [1.29, 1.82) is 0 Å². The van der Waals surface area contributed by atoms with E-state index < -0.39 is 0 Å². The van der Waals surface area contributed by atoms with Crippen LogP contribution >= 0.6 is 0 Å². The highest BCUT2D eigenvalue weighted by molar-refractivity contribution is 5.85. The molecule has 0 bridgehead atoms. The average molecular weight is 311 g/mol. The van der Waals surface area contributed by atoms with Crippen LogP contribution in [-0.4, -0.2) is 31.3 Å². The van der Waals surface area contributed by atoms with Gasteiger partial charge in [-0.3, -0.25) is 4.79 Å². The summed E-state index contributed by atoms with van der Waals surface area (Å²) in [6.45, 7) is 5.00. The van der Waals surface area contributed by atoms with E-state index in [0.29, 0.717) is 19.6 Å². The molecule has 1 aliphatic heterocycles. The summed E-state index contributed by atoms with van der Waals surface area (Å²) >= 11 is 0. The SMILES string of the molecule is C=CCOC(=O)C1C[C@@H](OCc2cccc3ccccc23)CN1. The van der Waals surface area contributed by atoms with Gasteiger partial charge in [-0.05, 0) is 16.3 Å². The van der Waals surface area contributed by atoms with Crippen LogP contribution in [0.25, 0.3) is 10.8 Å². The predicted octanol–water partition coefficient (Wildman–Crippen LogP) is 2.82. The lowest BCUT2D eigenvalue weighted by molar-refractivity contribution is -0.144. The summed E-state index contributed by atoms with van der Waals surface area (Å²) in [5.41, 5.74) is 1.17. The molecule has 3 rings (SSSR count). The van der Waals surface area contributed by atoms with Crippen molar-refractivity contribution in [1.82, 2.24) is 5.32 Å². The number of fused-ring (bicyclic) bond motifs is 1. The third-order valence-electron chi connectivity index (χ3n) is 4.07. The number of rotatable bonds is 6. The van der Waals surface area contributed by atoms with E-state index in [1.807, 2.05) is 18.2 Å². The van der Waals surface area contributed by atoms with Gasteiger partial charge in [0.2, 0.25) is 0 Å². The van der Waals surface area contributed by atoms with E-state index in [4.69, 9.17) is 9.47 Å². The molecule has 1 N–H and O–H groups in total. The predicted molar refractivity (Wildman–Crippen MR) is 90.1 cm³/mol. The van der Waals surface area contributed by atoms with Gasteiger partial charge in [-0.2, -0.15) is 0 Å². The molecule has 4 heteroatoms. The maximum Gasteiger partial charge on any atom is 0.323 e. The van der Waals surface area contributed by atoms with Crippen LogP contribution in [0.5, 0.6) is 0 Å². The molecule has 2 aromatic carbocycles. The van der Waals surface area contributed by atoms with Gasteiger partial charge in [0.05, 0.1) is 12.7 Å². The Bertz CT molecular complexity index is 693. The van der Waals surface area contributed by atoms with Crippen molar-refractivity contribution in [2.75, 3.05) is 13.2 Å². The summed E-state index contributed by atoms with van der Waals surface area (Å²) in [5, 5.41) is 5.58. The molecule has 1 aliphatic rings. The first-order chi connectivity index (χ1) is 11.3. The van der Waals surface area contributed by atoms with E-state index in [1.165, 1.54) is 16.3 Å². The first kappa shape index (κ1) is 15.7. The van der Waals surface area contributed by atoms with Crippen LogP contribution in [0.1, 0.15) is 12.0 Å². The molecule has 0 saturated carbocycles. The second kappa shape index (κ2) is 7.40. The molecule has 2 atom stereocenters. The van der Waals surface area contributed by atoms with Gasteiger partial charge in [0, 0.05) is 13.0 Å². The minimum atomic E-state index is -0.285. The van der Waals surface area contributed by atoms with Gasteiger partial charge in [0.1, 0.15) is 12.6 Å². The highest BCUT2D eigenvalue weighted by Gasteiger charge is 2.30. The Labute approximate surface area is 136 Å². The Kier molecular flexibility index (Phi) is 5.05. The van der Waals surface area contributed by atoms with Crippen LogP contribution < -0.4 is 5.32 Å². The Morgan fingerprint density at radius 1 is 1.26 bits per heavy atom. The lowest BCUT2D eigenvalue weighted by Gasteiger charge is -2.13. The number of carbonyl (C=O) groups is 1. The van der Waals surface area contributed by atoms with Gasteiger partial charge >= 0.3 is 5.97 Å². The monoisotopic (exact) mass is 311 g/mol. The smallest absolute Gasteiger partial charge is 0.323 e. The van der Waals surface area contributed by atoms with Crippen molar-refractivity contribution in [2.45, 2.75) is 25.2 Å². The number of hydrogen-bond donors (Lipinski definition) is 1. The maximum absolute atomic E-state index is 11.8. The molecule has 4 nitrogen and oxygen atoms in total. The average Bonchev–Trinajstić information content (AvgIpc) is 3.07. The van der Waals surface area contributed by atoms with Gasteiger partial charge in [0.15, 0.2) is 0 Å². The molecular weight excluding hydrogens is 290 g/mol. The highest BCUT2D eigenvalue weighted by atomic mass is 16.5. The molecule has 0 amide bonds. The van der Waals surface area contributed by atoms with Crippen LogP contribution in [0.2, 0.25) is 0 Å². The van der Waals surface area contributed by atoms with E-state index >= 15 is 0 Å². The summed E-state index contributed by atoms with van der Waals surface area (Å²) in [5.74, 6) is -0.235. The van der Waals surface area contributed by atoms with E-state index in [2.05, 4.69) is 36.2 Å². The van der Waals surface area contributed by atoms with Crippen LogP contribution in [0.3, 0.4) is 0 Å². The molecule has 1 saturated heterocycles. The van der Waals surface area contributed by atoms with Gasteiger partial charge in [-0.1, -0.05) is 55.1 Å². The first-order valence-electron chi connectivity index (χ1n) is 7.87. The quantitative estimate of drug-likeness (QED) is 0.658. The fourth-order valence-electron chi connectivity index (χ4n) is 2.88. The summed E-state index contributed by atoms with van der Waals surface area (Å²) in [4.78, 5) is 11.8. The van der Waals surface area contributed by atoms with Crippen molar-refractivity contribution in [2.24, 2.45) is 0 Å². The molecule has 0 aliphatic carbocycles. The summed E-state index contributed by atoms with van der Waals surface area (Å²) in [6, 6.07) is 14.2. The number of ether oxygens (including phenoxy) is 2. The number of hydrogen-bond acceptors (Lipinski definition) is 4. The lowest BCUT2D eigenvalue weighted by atomic mass is 10.1. The second-order valence-corrected chi connectivity index (χ2v) is 5.69. The molecule has 1 fully saturated rings. The van der Waals surface area contributed by atoms with E-state index in [9.17, 15) is 4.79 Å². The van der Waals surface area contributed by atoms with Crippen molar-refractivity contribution < 1.29 is 14.3 Å². The molecular formula is C19H21NO3. The maximum atomic E-state index is 11.8. The van der Waals surface area contributed by atoms with E-state index in [-0.39, 0.29) is 24.7 Å². The standard InChI is InChI=1S/C19H21NO3/c1-2-10-22-19(21)18-11-16(12-20-18)23-13-15-8-5-7-14-6-3-4-9-17(14)15/h2-9,16,18,20H,1,10-13H2/t16-,18?/m1/s1. The third kappa shape index (κ3) is 3.78. The molecule has 120 valence electrons. The molecule has 1 heterocycles. The van der Waals surface area contributed by atoms with Crippen molar-refractivity contribution in [3.63, 3.8) is 0 Å². The fourth-order valence-corrected chi connectivity index (χ4v) is 2.88. The molecule has 2 aromatic rings. The van der Waals surface area contributed by atoms with Crippen LogP contribution in [0.4, 0.5) is 0 Å². The van der Waals surface area contributed by atoms with E-state index in [1.54, 1.807) is 6.08 Å². The molecule has 0 radical (unpaired) electrons. The van der Waals surface area contributed by atoms with E-state index in [0.717, 1.165) is 0 Å². The van der Waals surface area contributed by atoms with Crippen molar-refractivity contribution >= 4 is 16.7 Å². The van der Waals surface area contributed by atoms with Crippen LogP contribution in [0, 0.1) is 0 Å². The number of carbonyl (C=O) groups excluding carboxylic acids is 1. The minimum absolute atomic E-state index is 0.0234. The van der Waals surface area contributed by atoms with Gasteiger partial charge in [-0.15, -0.1) is 0 Å².